The molecule has 1 unspecified atom stereocenters. The number of hydrogen-bond donors (Lipinski definition) is 0. The lowest BCUT2D eigenvalue weighted by atomic mass is 10.3. The molecule has 0 amide bonds. The average Bonchev–Trinajstić information content (AvgIpc) is 2.15. The van der Waals surface area contributed by atoms with Crippen molar-refractivity contribution in [2.75, 3.05) is 13.2 Å². The fourth-order valence-corrected chi connectivity index (χ4v) is 0.778. The number of esters is 1. The molecule has 0 bridgehead atoms. The van der Waals surface area contributed by atoms with Crippen molar-refractivity contribution >= 4 is 38.5 Å². The largest absolute Gasteiger partial charge is 0.463 e. The van der Waals surface area contributed by atoms with E-state index in [2.05, 4.69) is 15.5 Å². The summed E-state index contributed by atoms with van der Waals surface area (Å²) in [4.78, 5) is 10.8. The van der Waals surface area contributed by atoms with E-state index in [0.29, 0.717) is 0 Å². The Labute approximate surface area is 97.3 Å². The van der Waals surface area contributed by atoms with Crippen molar-refractivity contribution in [1.82, 2.24) is 0 Å². The molecule has 0 aromatic heterocycles. The summed E-state index contributed by atoms with van der Waals surface area (Å²) in [5, 5.41) is 0. The molecule has 0 rings (SSSR count). The number of hydrogen-bond acceptors (Lipinski definition) is 7. The van der Waals surface area contributed by atoms with E-state index in [9.17, 15) is 9.00 Å². The van der Waals surface area contributed by atoms with Crippen molar-refractivity contribution < 1.29 is 26.3 Å². The van der Waals surface area contributed by atoms with Gasteiger partial charge in [-0.2, -0.15) is 0 Å². The second-order valence-electron chi connectivity index (χ2n) is 1.85. The highest BCUT2D eigenvalue weighted by atomic mass is 35.7. The topological polar surface area (TPSA) is 86.7 Å². The Kier molecular flexibility index (Phi) is 13.2. The summed E-state index contributed by atoms with van der Waals surface area (Å²) in [6.07, 6.45) is 0. The molecule has 0 heterocycles. The molecule has 9 heteroatoms. The van der Waals surface area contributed by atoms with Crippen LogP contribution in [0.3, 0.4) is 0 Å². The molecule has 0 aliphatic rings. The maximum absolute atomic E-state index is 10.8. The lowest BCUT2D eigenvalue weighted by molar-refractivity contribution is -0.138. The number of rotatable bonds is 5. The molecule has 1 atom stereocenters. The predicted molar refractivity (Wildman–Crippen MR) is 55.9 cm³/mol. The molecule has 0 aliphatic carbocycles. The Morgan fingerprint density at radius 2 is 2.00 bits per heavy atom. The van der Waals surface area contributed by atoms with E-state index in [-0.39, 0.29) is 18.8 Å². The van der Waals surface area contributed by atoms with Gasteiger partial charge in [-0.25, -0.2) is 9.00 Å². The second-order valence-corrected chi connectivity index (χ2v) is 3.38. The first-order chi connectivity index (χ1) is 6.99. The third-order valence-corrected chi connectivity index (χ3v) is 1.46. The second kappa shape index (κ2) is 11.6. The van der Waals surface area contributed by atoms with Crippen LogP contribution in [-0.2, 0) is 44.0 Å². The summed E-state index contributed by atoms with van der Waals surface area (Å²) in [6, 6.07) is 0. The SMILES string of the molecule is C=C(COS(=O)Cl)C(=O)OCC.O=[SH-]=O. The Hall–Kier alpha value is -0.440. The fourth-order valence-electron chi connectivity index (χ4n) is 0.410. The molecular formula is C6H10ClO6S2-. The molecular weight excluding hydrogens is 268 g/mol. The minimum Gasteiger partial charge on any atom is -0.463 e. The van der Waals surface area contributed by atoms with Gasteiger partial charge in [0.25, 0.3) is 10.3 Å². The van der Waals surface area contributed by atoms with Gasteiger partial charge < -0.3 is 13.2 Å². The monoisotopic (exact) mass is 277 g/mol. The van der Waals surface area contributed by atoms with E-state index in [4.69, 9.17) is 19.1 Å². The van der Waals surface area contributed by atoms with Crippen LogP contribution >= 0.6 is 10.7 Å². The van der Waals surface area contributed by atoms with Gasteiger partial charge in [-0.3, -0.25) is 4.18 Å². The van der Waals surface area contributed by atoms with Gasteiger partial charge in [0.1, 0.15) is 0 Å². The first-order valence-corrected chi connectivity index (χ1v) is 6.13. The van der Waals surface area contributed by atoms with Crippen LogP contribution in [0.4, 0.5) is 0 Å². The predicted octanol–water partition coefficient (Wildman–Crippen LogP) is 0.432. The van der Waals surface area contributed by atoms with E-state index in [0.717, 1.165) is 0 Å². The lowest BCUT2D eigenvalue weighted by Crippen LogP contribution is -2.11. The van der Waals surface area contributed by atoms with Crippen LogP contribution in [0.5, 0.6) is 0 Å². The zero-order valence-electron chi connectivity index (χ0n) is 7.80. The number of ether oxygens (including phenoxy) is 1. The van der Waals surface area contributed by atoms with Crippen molar-refractivity contribution in [3.05, 3.63) is 12.2 Å². The third kappa shape index (κ3) is 13.6. The van der Waals surface area contributed by atoms with Crippen LogP contribution in [0.1, 0.15) is 6.92 Å². The summed E-state index contributed by atoms with van der Waals surface area (Å²) >= 11 is -1.08. The van der Waals surface area contributed by atoms with Crippen LogP contribution in [0.25, 0.3) is 0 Å². The van der Waals surface area contributed by atoms with Gasteiger partial charge in [0, 0.05) is 10.7 Å². The molecule has 6 nitrogen and oxygen atoms in total. The maximum atomic E-state index is 10.8. The summed E-state index contributed by atoms with van der Waals surface area (Å²) in [5.74, 6) is -0.570. The van der Waals surface area contributed by atoms with Gasteiger partial charge in [-0.1, -0.05) is 18.1 Å². The lowest BCUT2D eigenvalue weighted by Gasteiger charge is -2.02. The van der Waals surface area contributed by atoms with E-state index in [1.807, 2.05) is 0 Å². The Morgan fingerprint density at radius 3 is 2.33 bits per heavy atom. The molecule has 0 saturated carbocycles. The van der Waals surface area contributed by atoms with Crippen molar-refractivity contribution in [2.45, 2.75) is 6.92 Å². The number of halogens is 1. The van der Waals surface area contributed by atoms with Gasteiger partial charge in [-0.15, -0.1) is 0 Å². The van der Waals surface area contributed by atoms with Gasteiger partial charge in [0.15, 0.2) is 0 Å². The van der Waals surface area contributed by atoms with Gasteiger partial charge in [-0.05, 0) is 6.92 Å². The van der Waals surface area contributed by atoms with Gasteiger partial charge in [0.05, 0.1) is 18.8 Å². The van der Waals surface area contributed by atoms with Crippen LogP contribution in [0.2, 0.25) is 0 Å². The van der Waals surface area contributed by atoms with Crippen molar-refractivity contribution in [1.29, 1.82) is 0 Å². The van der Waals surface area contributed by atoms with Crippen molar-refractivity contribution in [2.24, 2.45) is 0 Å². The number of carbonyl (C=O) groups is 1. The molecule has 0 aliphatic heterocycles. The molecule has 0 fully saturated rings. The molecule has 15 heavy (non-hydrogen) atoms. The van der Waals surface area contributed by atoms with Gasteiger partial charge in [0.2, 0.25) is 0 Å². The highest BCUT2D eigenvalue weighted by Gasteiger charge is 2.08. The van der Waals surface area contributed by atoms with Gasteiger partial charge >= 0.3 is 5.97 Å². The maximum Gasteiger partial charge on any atom is 0.335 e. The van der Waals surface area contributed by atoms with Crippen LogP contribution < -0.4 is 0 Å². The highest BCUT2D eigenvalue weighted by molar-refractivity contribution is 8.04. The zero-order chi connectivity index (χ0) is 12.3. The molecule has 0 aromatic rings. The first kappa shape index (κ1) is 17.0. The summed E-state index contributed by atoms with van der Waals surface area (Å²) in [5.41, 5.74) is 0.0888. The van der Waals surface area contributed by atoms with Crippen LogP contribution in [0.15, 0.2) is 12.2 Å². The minimum atomic E-state index is -1.90. The Bertz CT molecular complexity index is 273. The molecule has 0 aromatic carbocycles. The smallest absolute Gasteiger partial charge is 0.335 e. The molecule has 0 saturated heterocycles. The Morgan fingerprint density at radius 1 is 1.53 bits per heavy atom. The summed E-state index contributed by atoms with van der Waals surface area (Å²) < 4.78 is 35.9. The van der Waals surface area contributed by atoms with E-state index in [1.54, 1.807) is 6.92 Å². The number of carbonyl (C=O) groups excluding carboxylic acids is 1. The minimum absolute atomic E-state index is 0.0888. The van der Waals surface area contributed by atoms with Crippen LogP contribution in [0, 0.1) is 0 Å². The zero-order valence-corrected chi connectivity index (χ0v) is 10.3. The highest BCUT2D eigenvalue weighted by Crippen LogP contribution is 1.99. The summed E-state index contributed by atoms with van der Waals surface area (Å²) in [6.45, 7) is 5.11. The fraction of sp³-hybridized carbons (Fsp3) is 0.500. The van der Waals surface area contributed by atoms with Crippen molar-refractivity contribution in [3.8, 4) is 0 Å². The Balaban J connectivity index is 0. The van der Waals surface area contributed by atoms with E-state index >= 15 is 0 Å². The first-order valence-electron chi connectivity index (χ1n) is 3.50. The quantitative estimate of drug-likeness (QED) is 0.238. The third-order valence-electron chi connectivity index (χ3n) is 0.890. The molecule has 90 valence electrons. The number of thiol groups is 1. The molecule has 0 radical (unpaired) electrons. The molecule has 0 spiro atoms. The standard InChI is InChI=1S/C6H9ClO4S.HO2S/c1-3-10-6(8)5(2)4-11-12(7)9;1-3-2/h2-4H2,1H3;3H/q;-1. The van der Waals surface area contributed by atoms with E-state index < -0.39 is 27.8 Å². The van der Waals surface area contributed by atoms with Crippen LogP contribution in [-0.4, -0.2) is 23.4 Å². The normalized spacial score (nSPS) is 10.8. The molecule has 0 N–H and O–H groups in total. The summed E-state index contributed by atoms with van der Waals surface area (Å²) in [7, 11) is 3.06. The van der Waals surface area contributed by atoms with E-state index in [1.165, 1.54) is 0 Å². The van der Waals surface area contributed by atoms with Crippen molar-refractivity contribution in [3.63, 3.8) is 0 Å². The average molecular weight is 278 g/mol.